The molecule has 1 aliphatic rings. The van der Waals surface area contributed by atoms with E-state index >= 15 is 0 Å². The van der Waals surface area contributed by atoms with Gasteiger partial charge in [0.2, 0.25) is 10.0 Å². The molecule has 0 amide bonds. The Balaban J connectivity index is 2.42. The number of hydrogen-bond donors (Lipinski definition) is 1. The van der Waals surface area contributed by atoms with Crippen LogP contribution in [-0.4, -0.2) is 46.0 Å². The van der Waals surface area contributed by atoms with Crippen molar-refractivity contribution in [1.29, 1.82) is 0 Å². The first-order valence-corrected chi connectivity index (χ1v) is 7.90. The van der Waals surface area contributed by atoms with Crippen LogP contribution in [0.4, 0.5) is 0 Å². The van der Waals surface area contributed by atoms with Crippen LogP contribution in [0.25, 0.3) is 0 Å². The van der Waals surface area contributed by atoms with Gasteiger partial charge in [-0.1, -0.05) is 23.2 Å². The third-order valence-electron chi connectivity index (χ3n) is 2.90. The van der Waals surface area contributed by atoms with Crippen molar-refractivity contribution in [1.82, 2.24) is 9.62 Å². The van der Waals surface area contributed by atoms with Crippen LogP contribution < -0.4 is 10.1 Å². The third-order valence-corrected chi connectivity index (χ3v) is 5.56. The Hall–Kier alpha value is -0.530. The van der Waals surface area contributed by atoms with E-state index in [1.807, 2.05) is 0 Å². The van der Waals surface area contributed by atoms with Crippen molar-refractivity contribution in [2.75, 3.05) is 33.3 Å². The van der Waals surface area contributed by atoms with Gasteiger partial charge < -0.3 is 10.1 Å². The average molecular weight is 325 g/mol. The van der Waals surface area contributed by atoms with E-state index in [4.69, 9.17) is 27.9 Å². The minimum atomic E-state index is -3.62. The smallest absolute Gasteiger partial charge is 0.244 e. The molecule has 1 aliphatic heterocycles. The Morgan fingerprint density at radius 1 is 1.21 bits per heavy atom. The molecular weight excluding hydrogens is 311 g/mol. The fourth-order valence-electron chi connectivity index (χ4n) is 1.89. The van der Waals surface area contributed by atoms with Crippen LogP contribution in [0.5, 0.6) is 5.75 Å². The summed E-state index contributed by atoms with van der Waals surface area (Å²) in [7, 11) is -2.17. The molecule has 1 aromatic rings. The van der Waals surface area contributed by atoms with E-state index in [2.05, 4.69) is 5.32 Å². The zero-order valence-corrected chi connectivity index (χ0v) is 12.6. The van der Waals surface area contributed by atoms with Gasteiger partial charge in [-0.2, -0.15) is 4.31 Å². The minimum absolute atomic E-state index is 0.0156. The maximum atomic E-state index is 12.5. The SMILES string of the molecule is COc1cc(Cl)c(S(=O)(=O)N2CCNCC2)cc1Cl. The van der Waals surface area contributed by atoms with Gasteiger partial charge in [-0.15, -0.1) is 0 Å². The molecule has 1 saturated heterocycles. The number of hydrogen-bond acceptors (Lipinski definition) is 4. The number of methoxy groups -OCH3 is 1. The zero-order chi connectivity index (χ0) is 14.0. The molecule has 0 radical (unpaired) electrons. The van der Waals surface area contributed by atoms with Crippen molar-refractivity contribution in [3.63, 3.8) is 0 Å². The summed E-state index contributed by atoms with van der Waals surface area (Å²) in [4.78, 5) is 0.0156. The quantitative estimate of drug-likeness (QED) is 0.917. The highest BCUT2D eigenvalue weighted by molar-refractivity contribution is 7.89. The van der Waals surface area contributed by atoms with Crippen LogP contribution in [0.2, 0.25) is 10.0 Å². The highest BCUT2D eigenvalue weighted by atomic mass is 35.5. The number of benzene rings is 1. The van der Waals surface area contributed by atoms with Crippen molar-refractivity contribution in [2.45, 2.75) is 4.90 Å². The summed E-state index contributed by atoms with van der Waals surface area (Å²) in [5, 5.41) is 3.43. The van der Waals surface area contributed by atoms with Crippen LogP contribution in [0, 0.1) is 0 Å². The van der Waals surface area contributed by atoms with Crippen LogP contribution in [0.3, 0.4) is 0 Å². The predicted octanol–water partition coefficient (Wildman–Crippen LogP) is 1.60. The normalized spacial score (nSPS) is 17.4. The monoisotopic (exact) mass is 324 g/mol. The van der Waals surface area contributed by atoms with E-state index in [0.29, 0.717) is 31.9 Å². The third kappa shape index (κ3) is 2.98. The summed E-state index contributed by atoms with van der Waals surface area (Å²) >= 11 is 12.0. The van der Waals surface area contributed by atoms with Gasteiger partial charge in [0.15, 0.2) is 0 Å². The molecule has 0 aliphatic carbocycles. The van der Waals surface area contributed by atoms with Crippen molar-refractivity contribution >= 4 is 33.2 Å². The Morgan fingerprint density at radius 2 is 1.84 bits per heavy atom. The van der Waals surface area contributed by atoms with Crippen LogP contribution in [0.15, 0.2) is 17.0 Å². The first-order valence-electron chi connectivity index (χ1n) is 5.70. The van der Waals surface area contributed by atoms with Crippen LogP contribution in [0.1, 0.15) is 0 Å². The molecule has 0 bridgehead atoms. The second-order valence-corrected chi connectivity index (χ2v) is 6.79. The standard InChI is InChI=1S/C11H14Cl2N2O3S/c1-18-10-6-9(13)11(7-8(10)12)19(16,17)15-4-2-14-3-5-15/h6-7,14H,2-5H2,1H3. The van der Waals surface area contributed by atoms with E-state index in [-0.39, 0.29) is 14.9 Å². The molecule has 0 aromatic heterocycles. The molecule has 0 unspecified atom stereocenters. The molecule has 0 atom stereocenters. The van der Waals surface area contributed by atoms with E-state index in [1.54, 1.807) is 0 Å². The van der Waals surface area contributed by atoms with E-state index in [0.717, 1.165) is 0 Å². The largest absolute Gasteiger partial charge is 0.495 e. The van der Waals surface area contributed by atoms with Crippen molar-refractivity contribution in [3.05, 3.63) is 22.2 Å². The number of sulfonamides is 1. The summed E-state index contributed by atoms with van der Waals surface area (Å²) < 4.78 is 31.3. The second-order valence-electron chi connectivity index (χ2n) is 4.07. The summed E-state index contributed by atoms with van der Waals surface area (Å²) in [6.45, 7) is 2.09. The summed E-state index contributed by atoms with van der Waals surface area (Å²) in [6.07, 6.45) is 0. The summed E-state index contributed by atoms with van der Waals surface area (Å²) in [5.41, 5.74) is 0. The van der Waals surface area contributed by atoms with Crippen LogP contribution in [-0.2, 0) is 10.0 Å². The first-order chi connectivity index (χ1) is 8.96. The second kappa shape index (κ2) is 5.85. The maximum absolute atomic E-state index is 12.5. The molecular formula is C11H14Cl2N2O3S. The topological polar surface area (TPSA) is 58.6 Å². The minimum Gasteiger partial charge on any atom is -0.495 e. The Bertz CT molecular complexity index is 572. The first kappa shape index (κ1) is 14.9. The van der Waals surface area contributed by atoms with Gasteiger partial charge in [0.1, 0.15) is 10.6 Å². The highest BCUT2D eigenvalue weighted by Gasteiger charge is 2.28. The van der Waals surface area contributed by atoms with Crippen molar-refractivity contribution < 1.29 is 13.2 Å². The summed E-state index contributed by atoms with van der Waals surface area (Å²) in [5.74, 6) is 0.353. The fourth-order valence-corrected chi connectivity index (χ4v) is 4.15. The van der Waals surface area contributed by atoms with Gasteiger partial charge in [0.25, 0.3) is 0 Å². The number of nitrogens with zero attached hydrogens (tertiary/aromatic N) is 1. The van der Waals surface area contributed by atoms with Gasteiger partial charge in [-0.25, -0.2) is 8.42 Å². The molecule has 2 rings (SSSR count). The molecule has 0 spiro atoms. The Kier molecular flexibility index (Phi) is 4.58. The van der Waals surface area contributed by atoms with E-state index < -0.39 is 10.0 Å². The summed E-state index contributed by atoms with van der Waals surface area (Å²) in [6, 6.07) is 2.75. The number of nitrogens with one attached hydrogen (secondary N) is 1. The van der Waals surface area contributed by atoms with Gasteiger partial charge in [0, 0.05) is 32.2 Å². The molecule has 106 valence electrons. The van der Waals surface area contributed by atoms with Crippen molar-refractivity contribution in [3.8, 4) is 5.75 Å². The van der Waals surface area contributed by atoms with Crippen LogP contribution >= 0.6 is 23.2 Å². The molecule has 1 aromatic carbocycles. The molecule has 1 fully saturated rings. The zero-order valence-electron chi connectivity index (χ0n) is 10.3. The van der Waals surface area contributed by atoms with Crippen molar-refractivity contribution in [2.24, 2.45) is 0 Å². The van der Waals surface area contributed by atoms with Gasteiger partial charge in [-0.05, 0) is 6.07 Å². The van der Waals surface area contributed by atoms with E-state index in [9.17, 15) is 8.42 Å². The number of piperazine rings is 1. The number of ether oxygens (including phenoxy) is 1. The Morgan fingerprint density at radius 3 is 2.42 bits per heavy atom. The molecule has 1 N–H and O–H groups in total. The Labute approximate surface area is 122 Å². The number of rotatable bonds is 3. The molecule has 8 heteroatoms. The van der Waals surface area contributed by atoms with E-state index in [1.165, 1.54) is 23.5 Å². The predicted molar refractivity (Wildman–Crippen MR) is 74.6 cm³/mol. The molecule has 1 heterocycles. The maximum Gasteiger partial charge on any atom is 0.244 e. The van der Waals surface area contributed by atoms with Gasteiger partial charge in [0.05, 0.1) is 17.2 Å². The lowest BCUT2D eigenvalue weighted by molar-refractivity contribution is 0.360. The molecule has 19 heavy (non-hydrogen) atoms. The molecule has 5 nitrogen and oxygen atoms in total. The average Bonchev–Trinajstić information content (AvgIpc) is 2.41. The highest BCUT2D eigenvalue weighted by Crippen LogP contribution is 2.34. The lowest BCUT2D eigenvalue weighted by Gasteiger charge is -2.27. The lowest BCUT2D eigenvalue weighted by Crippen LogP contribution is -2.46. The fraction of sp³-hybridized carbons (Fsp3) is 0.455. The van der Waals surface area contributed by atoms with Gasteiger partial charge >= 0.3 is 0 Å². The number of halogens is 2. The molecule has 0 saturated carbocycles. The van der Waals surface area contributed by atoms with Gasteiger partial charge in [-0.3, -0.25) is 0 Å². The lowest BCUT2D eigenvalue weighted by atomic mass is 10.3.